The van der Waals surface area contributed by atoms with E-state index in [0.717, 1.165) is 37.3 Å². The number of pyridine rings is 1. The highest BCUT2D eigenvalue weighted by Gasteiger charge is 2.33. The molecule has 0 spiro atoms. The molecule has 0 aliphatic carbocycles. The first-order valence-electron chi connectivity index (χ1n) is 9.93. The van der Waals surface area contributed by atoms with Crippen LogP contribution in [0.5, 0.6) is 0 Å². The normalized spacial score (nSPS) is 19.1. The summed E-state index contributed by atoms with van der Waals surface area (Å²) in [7, 11) is 3.27. The van der Waals surface area contributed by atoms with E-state index in [1.54, 1.807) is 31.7 Å². The third-order valence-corrected chi connectivity index (χ3v) is 7.10. The van der Waals surface area contributed by atoms with Gasteiger partial charge in [-0.25, -0.2) is 0 Å². The number of anilines is 1. The number of carbonyl (C=O) groups is 1. The Morgan fingerprint density at radius 2 is 2.00 bits per heavy atom. The summed E-state index contributed by atoms with van der Waals surface area (Å²) in [5.41, 5.74) is 1.12. The predicted molar refractivity (Wildman–Crippen MR) is 124 cm³/mol. The Bertz CT molecular complexity index is 1000. The molecule has 1 aromatic heterocycles. The van der Waals surface area contributed by atoms with E-state index in [2.05, 4.69) is 11.8 Å². The van der Waals surface area contributed by atoms with Gasteiger partial charge in [0.25, 0.3) is 11.5 Å². The van der Waals surface area contributed by atoms with Crippen molar-refractivity contribution in [2.75, 3.05) is 38.3 Å². The number of nitrogens with zero attached hydrogens (tertiary/aromatic N) is 4. The highest BCUT2D eigenvalue weighted by Crippen LogP contribution is 2.36. The summed E-state index contributed by atoms with van der Waals surface area (Å²) in [6.45, 7) is 6.45. The summed E-state index contributed by atoms with van der Waals surface area (Å²) >= 11 is 6.62. The van der Waals surface area contributed by atoms with E-state index in [9.17, 15) is 14.9 Å². The Hall–Kier alpha value is -2.15. The lowest BCUT2D eigenvalue weighted by molar-refractivity contribution is -0.122. The Labute approximate surface area is 186 Å². The van der Waals surface area contributed by atoms with Crippen LogP contribution >= 0.6 is 24.0 Å². The number of piperidine rings is 1. The number of amides is 1. The lowest BCUT2D eigenvalue weighted by atomic mass is 9.97. The van der Waals surface area contributed by atoms with Crippen LogP contribution in [-0.2, 0) is 16.6 Å². The molecule has 0 radical (unpaired) electrons. The maximum atomic E-state index is 12.9. The Morgan fingerprint density at radius 1 is 1.33 bits per heavy atom. The number of aromatic nitrogens is 1. The van der Waals surface area contributed by atoms with Crippen LogP contribution in [0, 0.1) is 24.2 Å². The molecule has 1 amide bonds. The zero-order valence-electron chi connectivity index (χ0n) is 17.7. The van der Waals surface area contributed by atoms with Crippen LogP contribution in [0.2, 0.25) is 0 Å². The van der Waals surface area contributed by atoms with Gasteiger partial charge in [0.2, 0.25) is 0 Å². The summed E-state index contributed by atoms with van der Waals surface area (Å²) in [4.78, 5) is 29.9. The van der Waals surface area contributed by atoms with Gasteiger partial charge in [-0.1, -0.05) is 30.9 Å². The van der Waals surface area contributed by atoms with Crippen LogP contribution in [0.3, 0.4) is 0 Å². The summed E-state index contributed by atoms with van der Waals surface area (Å²) in [6.07, 6.45) is 3.85. The van der Waals surface area contributed by atoms with E-state index in [0.29, 0.717) is 33.9 Å². The molecule has 0 N–H and O–H groups in total. The average molecular weight is 447 g/mol. The maximum absolute atomic E-state index is 12.9. The fraction of sp³-hybridized carbons (Fsp3) is 0.524. The Kier molecular flexibility index (Phi) is 7.01. The van der Waals surface area contributed by atoms with Gasteiger partial charge in [0.15, 0.2) is 0 Å². The van der Waals surface area contributed by atoms with Crippen molar-refractivity contribution in [3.05, 3.63) is 31.9 Å². The van der Waals surface area contributed by atoms with Gasteiger partial charge >= 0.3 is 0 Å². The van der Waals surface area contributed by atoms with Gasteiger partial charge in [0.05, 0.1) is 18.1 Å². The molecule has 2 saturated heterocycles. The highest BCUT2D eigenvalue weighted by molar-refractivity contribution is 8.26. The molecule has 2 aliphatic heterocycles. The van der Waals surface area contributed by atoms with Crippen molar-refractivity contribution in [2.24, 2.45) is 13.0 Å². The van der Waals surface area contributed by atoms with Crippen LogP contribution in [-0.4, -0.2) is 53.0 Å². The van der Waals surface area contributed by atoms with Crippen molar-refractivity contribution >= 4 is 46.1 Å². The van der Waals surface area contributed by atoms with E-state index in [1.807, 2.05) is 6.07 Å². The molecule has 7 nitrogen and oxygen atoms in total. The first kappa shape index (κ1) is 22.5. The number of nitriles is 1. The fourth-order valence-corrected chi connectivity index (χ4v) is 5.11. The summed E-state index contributed by atoms with van der Waals surface area (Å²) in [5, 5.41) is 9.57. The summed E-state index contributed by atoms with van der Waals surface area (Å²) < 4.78 is 7.10. The van der Waals surface area contributed by atoms with Gasteiger partial charge in [-0.15, -0.1) is 0 Å². The minimum absolute atomic E-state index is 0.104. The summed E-state index contributed by atoms with van der Waals surface area (Å²) in [6, 6.07) is 2.04. The number of rotatable bonds is 5. The number of thioether (sulfide) groups is 1. The SMILES string of the molecule is COCCN1C(=O)/C(=C/c2c(C)c(C#N)c(=O)n(C)c2N2CCC(C)CC2)SC1=S. The van der Waals surface area contributed by atoms with Gasteiger partial charge in [0.1, 0.15) is 21.8 Å². The van der Waals surface area contributed by atoms with Crippen LogP contribution in [0.4, 0.5) is 5.82 Å². The molecule has 0 unspecified atom stereocenters. The van der Waals surface area contributed by atoms with Crippen molar-refractivity contribution in [2.45, 2.75) is 26.7 Å². The Balaban J connectivity index is 2.12. The van der Waals surface area contributed by atoms with E-state index >= 15 is 0 Å². The van der Waals surface area contributed by atoms with Gasteiger partial charge in [0, 0.05) is 32.8 Å². The molecular formula is C21H26N4O3S2. The second-order valence-corrected chi connectivity index (χ2v) is 9.38. The van der Waals surface area contributed by atoms with Crippen LogP contribution in [0.1, 0.15) is 36.5 Å². The quantitative estimate of drug-likeness (QED) is 0.508. The molecule has 3 rings (SSSR count). The minimum atomic E-state index is -0.312. The lowest BCUT2D eigenvalue weighted by Gasteiger charge is -2.34. The highest BCUT2D eigenvalue weighted by atomic mass is 32.2. The fourth-order valence-electron chi connectivity index (χ4n) is 3.82. The second kappa shape index (κ2) is 9.33. The number of methoxy groups -OCH3 is 1. The van der Waals surface area contributed by atoms with Crippen LogP contribution in [0.15, 0.2) is 9.70 Å². The number of thiocarbonyl (C=S) groups is 1. The first-order chi connectivity index (χ1) is 14.3. The molecule has 2 aliphatic rings. The molecule has 1 aromatic rings. The van der Waals surface area contributed by atoms with Crippen LogP contribution in [0.25, 0.3) is 6.08 Å². The monoisotopic (exact) mass is 446 g/mol. The maximum Gasteiger partial charge on any atom is 0.270 e. The van der Waals surface area contributed by atoms with Crippen molar-refractivity contribution in [3.63, 3.8) is 0 Å². The first-order valence-corrected chi connectivity index (χ1v) is 11.2. The van der Waals surface area contributed by atoms with Crippen molar-refractivity contribution in [1.82, 2.24) is 9.47 Å². The van der Waals surface area contributed by atoms with Gasteiger partial charge < -0.3 is 9.64 Å². The number of ether oxygens (including phenoxy) is 1. The van der Waals surface area contributed by atoms with E-state index in [-0.39, 0.29) is 17.0 Å². The number of carbonyl (C=O) groups excluding carboxylic acids is 1. The molecule has 3 heterocycles. The standard InChI is InChI=1S/C21H26N4O3S2/c1-13-5-7-24(8-6-13)18-15(14(2)16(12-22)19(26)23(18)3)11-17-20(27)25(9-10-28-4)21(29)30-17/h11,13H,5-10H2,1-4H3/b17-11-. The number of hydrogen-bond acceptors (Lipinski definition) is 7. The molecule has 30 heavy (non-hydrogen) atoms. The second-order valence-electron chi connectivity index (χ2n) is 7.71. The molecule has 0 saturated carbocycles. The minimum Gasteiger partial charge on any atom is -0.383 e. The molecule has 0 atom stereocenters. The zero-order valence-corrected chi connectivity index (χ0v) is 19.4. The largest absolute Gasteiger partial charge is 0.383 e. The van der Waals surface area contributed by atoms with E-state index < -0.39 is 0 Å². The predicted octanol–water partition coefficient (Wildman–Crippen LogP) is 2.65. The van der Waals surface area contributed by atoms with E-state index in [1.165, 1.54) is 16.7 Å². The van der Waals surface area contributed by atoms with Gasteiger partial charge in [-0.2, -0.15) is 5.26 Å². The van der Waals surface area contributed by atoms with Crippen molar-refractivity contribution in [3.8, 4) is 6.07 Å². The molecule has 160 valence electrons. The lowest BCUT2D eigenvalue weighted by Crippen LogP contribution is -2.38. The molecule has 2 fully saturated rings. The Morgan fingerprint density at radius 3 is 2.60 bits per heavy atom. The number of hydrogen-bond donors (Lipinski definition) is 0. The molecule has 9 heteroatoms. The van der Waals surface area contributed by atoms with Gasteiger partial charge in [-0.3, -0.25) is 19.1 Å². The van der Waals surface area contributed by atoms with E-state index in [4.69, 9.17) is 17.0 Å². The smallest absolute Gasteiger partial charge is 0.270 e. The molecule has 0 aromatic carbocycles. The zero-order chi connectivity index (χ0) is 22.0. The molecular weight excluding hydrogens is 420 g/mol. The van der Waals surface area contributed by atoms with Crippen molar-refractivity contribution in [1.29, 1.82) is 5.26 Å². The molecule has 0 bridgehead atoms. The topological polar surface area (TPSA) is 78.6 Å². The third-order valence-electron chi connectivity index (χ3n) is 5.72. The summed E-state index contributed by atoms with van der Waals surface area (Å²) in [5.74, 6) is 1.22. The van der Waals surface area contributed by atoms with Gasteiger partial charge in [-0.05, 0) is 37.3 Å². The third kappa shape index (κ3) is 4.17. The van der Waals surface area contributed by atoms with Crippen LogP contribution < -0.4 is 10.5 Å². The average Bonchev–Trinajstić information content (AvgIpc) is 2.99. The van der Waals surface area contributed by atoms with Crippen molar-refractivity contribution < 1.29 is 9.53 Å².